The maximum Gasteiger partial charge on any atom is 1.00 e. The van der Waals surface area contributed by atoms with Gasteiger partial charge < -0.3 is 14.6 Å². The van der Waals surface area contributed by atoms with Gasteiger partial charge in [0.1, 0.15) is 11.5 Å². The maximum atomic E-state index is 11.4. The summed E-state index contributed by atoms with van der Waals surface area (Å²) < 4.78 is 10.00. The van der Waals surface area contributed by atoms with E-state index in [1.807, 2.05) is 0 Å². The average Bonchev–Trinajstić information content (AvgIpc) is 2.28. The number of carbonyl (C=O) groups is 1. The van der Waals surface area contributed by atoms with Crippen molar-refractivity contribution in [3.05, 3.63) is 36.1 Å². The summed E-state index contributed by atoms with van der Waals surface area (Å²) in [5.41, 5.74) is 0.338. The molecule has 0 aliphatic rings. The van der Waals surface area contributed by atoms with Crippen LogP contribution in [0.1, 0.15) is 10.4 Å². The Kier molecular flexibility index (Phi) is 6.88. The Balaban J connectivity index is 0.00000225. The number of allylic oxidation sites excluding steroid dienone is 1. The summed E-state index contributed by atoms with van der Waals surface area (Å²) in [7, 11) is 2.97. The number of benzene rings is 1. The van der Waals surface area contributed by atoms with Gasteiger partial charge in [0, 0.05) is 6.07 Å². The van der Waals surface area contributed by atoms with Crippen molar-refractivity contribution < 1.29 is 48.9 Å². The molecule has 1 aromatic rings. The van der Waals surface area contributed by atoms with Gasteiger partial charge >= 0.3 is 29.6 Å². The molecule has 4 nitrogen and oxygen atoms in total. The molecule has 80 valence electrons. The Bertz CT molecular complexity index is 388. The molecule has 0 aromatic heterocycles. The van der Waals surface area contributed by atoms with Crippen molar-refractivity contribution in [3.8, 4) is 11.5 Å². The molecule has 5 heteroatoms. The van der Waals surface area contributed by atoms with Gasteiger partial charge in [0.2, 0.25) is 0 Å². The summed E-state index contributed by atoms with van der Waals surface area (Å²) in [4.78, 5) is 11.4. The molecule has 0 N–H and O–H groups in total. The van der Waals surface area contributed by atoms with E-state index in [1.165, 1.54) is 14.2 Å². The number of hydrogen-bond donors (Lipinski definition) is 0. The zero-order valence-corrected chi connectivity index (χ0v) is 11.5. The van der Waals surface area contributed by atoms with Gasteiger partial charge in [-0.25, -0.2) is 0 Å². The van der Waals surface area contributed by atoms with E-state index in [9.17, 15) is 9.90 Å². The molecule has 0 radical (unpaired) electrons. The number of ether oxygens (including phenoxy) is 2. The second kappa shape index (κ2) is 7.33. The molecule has 0 atom stereocenters. The molecule has 1 rings (SSSR count). The molecule has 0 bridgehead atoms. The van der Waals surface area contributed by atoms with Crippen LogP contribution in [0.15, 0.2) is 30.5 Å². The van der Waals surface area contributed by atoms with Gasteiger partial charge in [-0.15, -0.1) is 6.26 Å². The molecule has 0 spiro atoms. The van der Waals surface area contributed by atoms with Gasteiger partial charge in [-0.1, -0.05) is 0 Å². The predicted molar refractivity (Wildman–Crippen MR) is 53.0 cm³/mol. The van der Waals surface area contributed by atoms with Crippen molar-refractivity contribution in [2.45, 2.75) is 0 Å². The molecule has 0 unspecified atom stereocenters. The molecular weight excluding hydrogens is 219 g/mol. The summed E-state index contributed by atoms with van der Waals surface area (Å²) in [6, 6.07) is 4.78. The number of hydrogen-bond acceptors (Lipinski definition) is 4. The first-order valence-electron chi connectivity index (χ1n) is 4.27. The van der Waals surface area contributed by atoms with Gasteiger partial charge in [-0.05, 0) is 18.2 Å². The Morgan fingerprint density at radius 2 is 2.00 bits per heavy atom. The topological polar surface area (TPSA) is 58.6 Å². The third-order valence-corrected chi connectivity index (χ3v) is 1.89. The van der Waals surface area contributed by atoms with Crippen LogP contribution in [0.5, 0.6) is 11.5 Å². The zero-order valence-electron chi connectivity index (χ0n) is 9.52. The standard InChI is InChI=1S/C11H12O4.Na/c1-14-8-3-4-9(10(13)5-6-12)11(7-8)15-2;/h3-7,12H,1-2H3;/q;+1/p-1. The van der Waals surface area contributed by atoms with Gasteiger partial charge in [-0.2, -0.15) is 0 Å². The van der Waals surface area contributed by atoms with E-state index in [1.54, 1.807) is 18.2 Å². The Morgan fingerprint density at radius 1 is 1.31 bits per heavy atom. The Morgan fingerprint density at radius 3 is 2.50 bits per heavy atom. The van der Waals surface area contributed by atoms with Crippen LogP contribution in [0.3, 0.4) is 0 Å². The number of carbonyl (C=O) groups excluding carboxylic acids is 1. The molecule has 0 heterocycles. The monoisotopic (exact) mass is 230 g/mol. The first kappa shape index (κ1) is 15.0. The fraction of sp³-hybridized carbons (Fsp3) is 0.182. The molecule has 0 amide bonds. The quantitative estimate of drug-likeness (QED) is 0.254. The molecule has 0 aliphatic carbocycles. The van der Waals surface area contributed by atoms with Crippen LogP contribution in [0.4, 0.5) is 0 Å². The van der Waals surface area contributed by atoms with Crippen LogP contribution in [-0.2, 0) is 0 Å². The minimum Gasteiger partial charge on any atom is -0.878 e. The van der Waals surface area contributed by atoms with Crippen molar-refractivity contribution in [3.63, 3.8) is 0 Å². The van der Waals surface area contributed by atoms with Gasteiger partial charge in [0.25, 0.3) is 0 Å². The first-order valence-corrected chi connectivity index (χ1v) is 4.27. The molecule has 0 saturated carbocycles. The largest absolute Gasteiger partial charge is 1.00 e. The van der Waals surface area contributed by atoms with Crippen LogP contribution >= 0.6 is 0 Å². The number of methoxy groups -OCH3 is 2. The fourth-order valence-electron chi connectivity index (χ4n) is 1.15. The van der Waals surface area contributed by atoms with Crippen molar-refractivity contribution in [2.75, 3.05) is 14.2 Å². The van der Waals surface area contributed by atoms with Crippen LogP contribution in [0, 0.1) is 0 Å². The summed E-state index contributed by atoms with van der Waals surface area (Å²) in [5.74, 6) is 0.594. The van der Waals surface area contributed by atoms with E-state index in [0.717, 1.165) is 6.08 Å². The molecule has 0 saturated heterocycles. The van der Waals surface area contributed by atoms with E-state index >= 15 is 0 Å². The van der Waals surface area contributed by atoms with Crippen molar-refractivity contribution in [1.29, 1.82) is 0 Å². The van der Waals surface area contributed by atoms with Crippen molar-refractivity contribution in [1.82, 2.24) is 0 Å². The average molecular weight is 230 g/mol. The van der Waals surface area contributed by atoms with Gasteiger partial charge in [-0.3, -0.25) is 4.79 Å². The fourth-order valence-corrected chi connectivity index (χ4v) is 1.15. The summed E-state index contributed by atoms with van der Waals surface area (Å²) in [6.07, 6.45) is 1.40. The Labute approximate surface area is 116 Å². The molecule has 0 fully saturated rings. The minimum atomic E-state index is -0.385. The van der Waals surface area contributed by atoms with Crippen molar-refractivity contribution in [2.24, 2.45) is 0 Å². The molecular formula is C11H11NaO4. The van der Waals surface area contributed by atoms with E-state index < -0.39 is 0 Å². The number of rotatable bonds is 4. The molecule has 16 heavy (non-hydrogen) atoms. The van der Waals surface area contributed by atoms with E-state index in [-0.39, 0.29) is 35.3 Å². The second-order valence-electron chi connectivity index (χ2n) is 2.73. The predicted octanol–water partition coefficient (Wildman–Crippen LogP) is -2.24. The zero-order chi connectivity index (χ0) is 11.3. The molecule has 1 aromatic carbocycles. The third kappa shape index (κ3) is 3.56. The van der Waals surface area contributed by atoms with E-state index in [4.69, 9.17) is 9.47 Å². The summed E-state index contributed by atoms with van der Waals surface area (Å²) >= 11 is 0. The minimum absolute atomic E-state index is 0. The second-order valence-corrected chi connectivity index (χ2v) is 2.73. The van der Waals surface area contributed by atoms with Gasteiger partial charge in [0.05, 0.1) is 19.8 Å². The van der Waals surface area contributed by atoms with E-state index in [0.29, 0.717) is 23.3 Å². The van der Waals surface area contributed by atoms with Crippen LogP contribution in [0.2, 0.25) is 0 Å². The van der Waals surface area contributed by atoms with Crippen LogP contribution < -0.4 is 44.1 Å². The number of ketones is 1. The SMILES string of the molecule is COc1ccc(C(=O)C=C[O-])c(OC)c1.[Na+]. The summed E-state index contributed by atoms with van der Waals surface area (Å²) in [6.45, 7) is 0. The van der Waals surface area contributed by atoms with Crippen LogP contribution in [-0.4, -0.2) is 20.0 Å². The van der Waals surface area contributed by atoms with E-state index in [2.05, 4.69) is 0 Å². The smallest absolute Gasteiger partial charge is 0.878 e. The van der Waals surface area contributed by atoms with Crippen LogP contribution in [0.25, 0.3) is 0 Å². The maximum absolute atomic E-state index is 11.4. The first-order chi connectivity index (χ1) is 7.22. The normalized spacial score (nSPS) is 9.62. The summed E-state index contributed by atoms with van der Waals surface area (Å²) in [5, 5.41) is 10.2. The molecule has 0 aliphatic heterocycles. The third-order valence-electron chi connectivity index (χ3n) is 1.89. The Hall–Kier alpha value is -0.970. The van der Waals surface area contributed by atoms with Crippen molar-refractivity contribution >= 4 is 5.78 Å². The van der Waals surface area contributed by atoms with Gasteiger partial charge in [0.15, 0.2) is 5.78 Å².